The summed E-state index contributed by atoms with van der Waals surface area (Å²) in [6.45, 7) is 0. The van der Waals surface area contributed by atoms with Gasteiger partial charge in [0.25, 0.3) is 0 Å². The van der Waals surface area contributed by atoms with E-state index in [1.54, 1.807) is 0 Å². The van der Waals surface area contributed by atoms with E-state index < -0.39 is 61.9 Å². The zero-order chi connectivity index (χ0) is 10.8. The van der Waals surface area contributed by atoms with E-state index in [2.05, 4.69) is 0 Å². The predicted octanol–water partition coefficient (Wildman–Crippen LogP) is -6.76. The molecule has 0 amide bonds. The molecule has 0 fully saturated rings. The first-order chi connectivity index (χ1) is 5.66. The molecular weight excluding hydrogens is 360 g/mol. The molecule has 0 aliphatic rings. The minimum absolute atomic E-state index is 0. The second-order valence-corrected chi connectivity index (χ2v) is 1.15. The third-order valence-corrected chi connectivity index (χ3v) is 0. The van der Waals surface area contributed by atoms with Crippen LogP contribution in [0, 0.1) is 0 Å². The molecule has 0 aliphatic heterocycles. The van der Waals surface area contributed by atoms with E-state index in [0.29, 0.717) is 0 Å². The second-order valence-electron chi connectivity index (χ2n) is 0.385. The summed E-state index contributed by atoms with van der Waals surface area (Å²) in [6.07, 6.45) is 0. The van der Waals surface area contributed by atoms with Crippen molar-refractivity contribution >= 4 is 61.9 Å². The maximum Gasteiger partial charge on any atom is 2.00 e. The van der Waals surface area contributed by atoms with Crippen LogP contribution < -0.4 is 16.6 Å². The zero-order valence-corrected chi connectivity index (χ0v) is 15.2. The van der Waals surface area contributed by atoms with Gasteiger partial charge in [-0.15, -0.1) is 0 Å². The van der Waals surface area contributed by atoms with E-state index in [9.17, 15) is 0 Å². The Kier molecular flexibility index (Phi) is 220. The summed E-state index contributed by atoms with van der Waals surface area (Å²) in [5, 5.41) is 0. The van der Waals surface area contributed by atoms with Gasteiger partial charge in [0.15, 0.2) is 0 Å². The summed E-state index contributed by atoms with van der Waals surface area (Å²) >= 11 is -7.00. The SMILES string of the molecule is [Co+2].[O]=[Al][O-].[O]=[Al][O-].[O]=[Al][O-].[O]=[Al][O-].[Zn+2]. The van der Waals surface area contributed by atoms with Crippen molar-refractivity contribution in [3.8, 4) is 0 Å². The molecule has 71 valence electrons. The van der Waals surface area contributed by atoms with Gasteiger partial charge in [0.2, 0.25) is 0 Å². The second kappa shape index (κ2) is 85.4. The monoisotopic (exact) mass is 359 g/mol. The summed E-state index contributed by atoms with van der Waals surface area (Å²) in [7, 11) is 0. The predicted molar refractivity (Wildman–Crippen MR) is 25.8 cm³/mol. The van der Waals surface area contributed by atoms with Gasteiger partial charge in [-0.1, -0.05) is 0 Å². The fourth-order valence-corrected chi connectivity index (χ4v) is 0. The molecule has 1 radical (unpaired) electrons. The van der Waals surface area contributed by atoms with E-state index in [1.165, 1.54) is 0 Å². The Morgan fingerprint density at radius 1 is 0.571 bits per heavy atom. The molecule has 0 atom stereocenters. The maximum absolute atomic E-state index is 8.46. The Hall–Kier alpha value is 1.66. The zero-order valence-electron chi connectivity index (χ0n) is 6.62. The average Bonchev–Trinajstić information content (AvgIpc) is 1.92. The van der Waals surface area contributed by atoms with Gasteiger partial charge in [-0.05, 0) is 0 Å². The Morgan fingerprint density at radius 2 is 0.571 bits per heavy atom. The van der Waals surface area contributed by atoms with Crippen LogP contribution in [-0.2, 0) is 51.5 Å². The molecule has 0 N–H and O–H groups in total. The molecule has 14 heteroatoms. The molecule has 0 bridgehead atoms. The molecule has 0 rings (SSSR count). The third kappa shape index (κ3) is 795. The average molecular weight is 360 g/mol. The van der Waals surface area contributed by atoms with Gasteiger partial charge in [-0.25, -0.2) is 0 Å². The van der Waals surface area contributed by atoms with Crippen LogP contribution >= 0.6 is 0 Å². The fraction of sp³-hybridized carbons (Fsp3) is 0. The molecule has 0 aliphatic carbocycles. The number of hydrogen-bond donors (Lipinski definition) is 0. The van der Waals surface area contributed by atoms with Crippen LogP contribution in [0.3, 0.4) is 0 Å². The van der Waals surface area contributed by atoms with Crippen LogP contribution in [0.25, 0.3) is 0 Å². The van der Waals surface area contributed by atoms with Gasteiger partial charge in [-0.3, -0.25) is 0 Å². The van der Waals surface area contributed by atoms with Crippen LogP contribution in [0.2, 0.25) is 0 Å². The van der Waals surface area contributed by atoms with Crippen LogP contribution in [0.15, 0.2) is 0 Å². The minimum Gasteiger partial charge on any atom is 2.00 e. The minimum atomic E-state index is -1.75. The fourth-order valence-electron chi connectivity index (χ4n) is 0. The van der Waals surface area contributed by atoms with Crippen LogP contribution in [0.4, 0.5) is 0 Å². The Bertz CT molecular complexity index is 75.3. The first-order valence-corrected chi connectivity index (χ1v) is 5.66. The van der Waals surface area contributed by atoms with Gasteiger partial charge in [0.05, 0.1) is 0 Å². The van der Waals surface area contributed by atoms with Crippen LogP contribution in [0.1, 0.15) is 0 Å². The first-order valence-electron chi connectivity index (χ1n) is 1.89. The molecule has 0 saturated heterocycles. The summed E-state index contributed by atoms with van der Waals surface area (Å²) < 4.78 is 67.7. The molecular formula is Al4CoO8Zn. The number of hydrogen-bond acceptors (Lipinski definition) is 8. The van der Waals surface area contributed by atoms with Crippen molar-refractivity contribution in [2.24, 2.45) is 0 Å². The summed E-state index contributed by atoms with van der Waals surface area (Å²) in [5.41, 5.74) is 0. The van der Waals surface area contributed by atoms with Crippen molar-refractivity contribution < 1.29 is 68.1 Å². The smallest absolute Gasteiger partial charge is 2.00 e. The summed E-state index contributed by atoms with van der Waals surface area (Å²) in [4.78, 5) is 0. The number of rotatable bonds is 0. The molecule has 0 heterocycles. The van der Waals surface area contributed by atoms with Gasteiger partial charge in [-0.2, -0.15) is 0 Å². The molecule has 0 aromatic heterocycles. The Balaban J connectivity index is -0.0000000145. The summed E-state index contributed by atoms with van der Waals surface area (Å²) in [5.74, 6) is 0. The third-order valence-electron chi connectivity index (χ3n) is 0. The van der Waals surface area contributed by atoms with Crippen LogP contribution in [0.5, 0.6) is 0 Å². The van der Waals surface area contributed by atoms with Crippen molar-refractivity contribution in [1.29, 1.82) is 0 Å². The standard InChI is InChI=1S/4Al.Co.8O.Zn/q;;;;+2;;;;;4*-1;+2. The molecule has 0 saturated carbocycles. The van der Waals surface area contributed by atoms with Gasteiger partial charge < -0.3 is 0 Å². The van der Waals surface area contributed by atoms with Gasteiger partial charge in [0, 0.05) is 0 Å². The molecule has 14 heavy (non-hydrogen) atoms. The topological polar surface area (TPSA) is 161 Å². The quantitative estimate of drug-likeness (QED) is 0.385. The molecule has 0 aromatic carbocycles. The first kappa shape index (κ1) is 36.1. The van der Waals surface area contributed by atoms with Crippen molar-refractivity contribution in [2.75, 3.05) is 0 Å². The largest absolute Gasteiger partial charge is 2.00 e. The Morgan fingerprint density at radius 3 is 0.571 bits per heavy atom. The van der Waals surface area contributed by atoms with E-state index in [-0.39, 0.29) is 36.3 Å². The molecule has 8 nitrogen and oxygen atoms in total. The van der Waals surface area contributed by atoms with Crippen molar-refractivity contribution in [3.63, 3.8) is 0 Å². The normalized spacial score (nSPS) is 2.29. The van der Waals surface area contributed by atoms with Gasteiger partial charge >= 0.3 is 130 Å². The molecule has 0 spiro atoms. The van der Waals surface area contributed by atoms with Crippen molar-refractivity contribution in [3.05, 3.63) is 0 Å². The van der Waals surface area contributed by atoms with Crippen molar-refractivity contribution in [2.45, 2.75) is 0 Å². The van der Waals surface area contributed by atoms with Crippen LogP contribution in [-0.4, -0.2) is 61.9 Å². The molecule has 0 unspecified atom stereocenters. The summed E-state index contributed by atoms with van der Waals surface area (Å²) in [6, 6.07) is 0. The van der Waals surface area contributed by atoms with E-state index in [0.717, 1.165) is 0 Å². The van der Waals surface area contributed by atoms with E-state index >= 15 is 0 Å². The maximum atomic E-state index is 8.46. The molecule has 0 aromatic rings. The Labute approximate surface area is 128 Å². The van der Waals surface area contributed by atoms with Gasteiger partial charge in [0.1, 0.15) is 0 Å². The van der Waals surface area contributed by atoms with E-state index in [1.807, 2.05) is 0 Å². The van der Waals surface area contributed by atoms with Crippen molar-refractivity contribution in [1.82, 2.24) is 0 Å². The van der Waals surface area contributed by atoms with E-state index in [4.69, 9.17) is 31.8 Å².